The molecule has 16 heavy (non-hydrogen) atoms. The van der Waals surface area contributed by atoms with Crippen LogP contribution in [0.2, 0.25) is 0 Å². The van der Waals surface area contributed by atoms with Gasteiger partial charge in [-0.15, -0.1) is 0 Å². The number of pyridine rings is 1. The van der Waals surface area contributed by atoms with Crippen LogP contribution >= 0.6 is 0 Å². The van der Waals surface area contributed by atoms with E-state index in [9.17, 15) is 0 Å². The first-order chi connectivity index (χ1) is 7.72. The smallest absolute Gasteiger partial charge is 0.123 e. The molecule has 2 aliphatic heterocycles. The molecule has 2 aliphatic rings. The Morgan fingerprint density at radius 3 is 2.81 bits per heavy atom. The van der Waals surface area contributed by atoms with Crippen molar-refractivity contribution in [3.05, 3.63) is 23.9 Å². The SMILES string of the molecule is CN1C[C@@H]2C[C@H]1CN2Cc1ccc(N)nc1. The van der Waals surface area contributed by atoms with Crippen molar-refractivity contribution in [3.8, 4) is 0 Å². The highest BCUT2D eigenvalue weighted by atomic mass is 15.3. The molecule has 0 aromatic carbocycles. The Labute approximate surface area is 96.1 Å². The lowest BCUT2D eigenvalue weighted by Crippen LogP contribution is -2.43. The summed E-state index contributed by atoms with van der Waals surface area (Å²) in [6.07, 6.45) is 3.23. The van der Waals surface area contributed by atoms with Crippen LogP contribution in [-0.4, -0.2) is 47.0 Å². The Morgan fingerprint density at radius 2 is 2.25 bits per heavy atom. The van der Waals surface area contributed by atoms with Crippen molar-refractivity contribution >= 4 is 5.82 Å². The third-order valence-corrected chi connectivity index (χ3v) is 3.86. The van der Waals surface area contributed by atoms with Gasteiger partial charge in [-0.3, -0.25) is 4.90 Å². The number of piperazine rings is 1. The van der Waals surface area contributed by atoms with Crippen LogP contribution in [0.15, 0.2) is 18.3 Å². The molecule has 86 valence electrons. The van der Waals surface area contributed by atoms with Gasteiger partial charge in [0.1, 0.15) is 5.82 Å². The highest BCUT2D eigenvalue weighted by molar-refractivity contribution is 5.29. The molecular weight excluding hydrogens is 200 g/mol. The van der Waals surface area contributed by atoms with Gasteiger partial charge in [-0.05, 0) is 25.1 Å². The summed E-state index contributed by atoms with van der Waals surface area (Å²) in [7, 11) is 2.23. The summed E-state index contributed by atoms with van der Waals surface area (Å²) in [5.41, 5.74) is 6.85. The number of hydrogen-bond donors (Lipinski definition) is 1. The summed E-state index contributed by atoms with van der Waals surface area (Å²) in [5.74, 6) is 0.603. The zero-order valence-corrected chi connectivity index (χ0v) is 9.63. The topological polar surface area (TPSA) is 45.4 Å². The van der Waals surface area contributed by atoms with Crippen LogP contribution in [0.4, 0.5) is 5.82 Å². The molecule has 2 saturated heterocycles. The van der Waals surface area contributed by atoms with Gasteiger partial charge in [0, 0.05) is 37.9 Å². The van der Waals surface area contributed by atoms with Gasteiger partial charge in [-0.1, -0.05) is 6.07 Å². The summed E-state index contributed by atoms with van der Waals surface area (Å²) in [6.45, 7) is 3.43. The van der Waals surface area contributed by atoms with Crippen molar-refractivity contribution in [1.82, 2.24) is 14.8 Å². The van der Waals surface area contributed by atoms with E-state index in [1.54, 1.807) is 0 Å². The minimum atomic E-state index is 0.603. The number of nitrogens with zero attached hydrogens (tertiary/aromatic N) is 3. The molecule has 0 radical (unpaired) electrons. The molecule has 0 spiro atoms. The number of hydrogen-bond acceptors (Lipinski definition) is 4. The van der Waals surface area contributed by atoms with Gasteiger partial charge >= 0.3 is 0 Å². The minimum Gasteiger partial charge on any atom is -0.384 e. The first-order valence-electron chi connectivity index (χ1n) is 5.87. The largest absolute Gasteiger partial charge is 0.384 e. The van der Waals surface area contributed by atoms with Crippen LogP contribution in [0, 0.1) is 0 Å². The van der Waals surface area contributed by atoms with Gasteiger partial charge in [-0.2, -0.15) is 0 Å². The molecule has 0 amide bonds. The number of likely N-dealkylation sites (N-methyl/N-ethyl adjacent to an activating group) is 1. The van der Waals surface area contributed by atoms with E-state index in [0.29, 0.717) is 5.82 Å². The maximum atomic E-state index is 5.58. The lowest BCUT2D eigenvalue weighted by molar-refractivity contribution is 0.143. The Hall–Kier alpha value is -1.13. The van der Waals surface area contributed by atoms with Gasteiger partial charge < -0.3 is 10.6 Å². The van der Waals surface area contributed by atoms with Crippen molar-refractivity contribution < 1.29 is 0 Å². The second-order valence-corrected chi connectivity index (χ2v) is 5.00. The molecule has 2 N–H and O–H groups in total. The average molecular weight is 218 g/mol. The van der Waals surface area contributed by atoms with Gasteiger partial charge in [0.15, 0.2) is 0 Å². The maximum Gasteiger partial charge on any atom is 0.123 e. The normalized spacial score (nSPS) is 30.1. The first-order valence-corrected chi connectivity index (χ1v) is 5.87. The standard InChI is InChI=1S/C12H18N4/c1-15-7-11-4-10(15)8-16(11)6-9-2-3-12(13)14-5-9/h2-3,5,10-11H,4,6-8H2,1H3,(H2,13,14)/t10-,11-/m0/s1. The van der Waals surface area contributed by atoms with E-state index in [1.807, 2.05) is 12.3 Å². The highest BCUT2D eigenvalue weighted by Gasteiger charge is 2.40. The summed E-state index contributed by atoms with van der Waals surface area (Å²) >= 11 is 0. The number of likely N-dealkylation sites (tertiary alicyclic amines) is 2. The molecule has 2 bridgehead atoms. The van der Waals surface area contributed by atoms with Crippen LogP contribution in [0.3, 0.4) is 0 Å². The second kappa shape index (κ2) is 3.71. The van der Waals surface area contributed by atoms with Gasteiger partial charge in [0.05, 0.1) is 0 Å². The molecule has 3 heterocycles. The molecule has 1 aromatic heterocycles. The quantitative estimate of drug-likeness (QED) is 0.787. The minimum absolute atomic E-state index is 0.603. The van der Waals surface area contributed by atoms with Gasteiger partial charge in [-0.25, -0.2) is 4.98 Å². The molecule has 2 atom stereocenters. The number of aromatic nitrogens is 1. The Morgan fingerprint density at radius 1 is 1.38 bits per heavy atom. The Bertz CT molecular complexity index is 373. The molecule has 2 fully saturated rings. The monoisotopic (exact) mass is 218 g/mol. The van der Waals surface area contributed by atoms with Crippen LogP contribution in [0.1, 0.15) is 12.0 Å². The summed E-state index contributed by atoms with van der Waals surface area (Å²) < 4.78 is 0. The number of anilines is 1. The fraction of sp³-hybridized carbons (Fsp3) is 0.583. The van der Waals surface area contributed by atoms with E-state index >= 15 is 0 Å². The number of nitrogen functional groups attached to an aromatic ring is 1. The predicted octanol–water partition coefficient (Wildman–Crippen LogP) is 0.552. The van der Waals surface area contributed by atoms with Gasteiger partial charge in [0.2, 0.25) is 0 Å². The Kier molecular flexibility index (Phi) is 2.33. The molecular formula is C12H18N4. The van der Waals surface area contributed by atoms with Crippen molar-refractivity contribution in [2.45, 2.75) is 25.0 Å². The Balaban J connectivity index is 1.66. The highest BCUT2D eigenvalue weighted by Crippen LogP contribution is 2.30. The second-order valence-electron chi connectivity index (χ2n) is 5.00. The third kappa shape index (κ3) is 1.68. The predicted molar refractivity (Wildman–Crippen MR) is 63.9 cm³/mol. The van der Waals surface area contributed by atoms with Crippen molar-refractivity contribution in [2.24, 2.45) is 0 Å². The lowest BCUT2D eigenvalue weighted by Gasteiger charge is -2.31. The number of fused-ring (bicyclic) bond motifs is 2. The molecule has 3 rings (SSSR count). The summed E-state index contributed by atoms with van der Waals surface area (Å²) in [6, 6.07) is 5.48. The van der Waals surface area contributed by atoms with E-state index < -0.39 is 0 Å². The van der Waals surface area contributed by atoms with E-state index in [0.717, 1.165) is 18.6 Å². The van der Waals surface area contributed by atoms with E-state index in [2.05, 4.69) is 27.9 Å². The zero-order chi connectivity index (χ0) is 11.1. The summed E-state index contributed by atoms with van der Waals surface area (Å²) in [4.78, 5) is 9.18. The van der Waals surface area contributed by atoms with Crippen molar-refractivity contribution in [2.75, 3.05) is 25.9 Å². The van der Waals surface area contributed by atoms with Crippen molar-refractivity contribution in [1.29, 1.82) is 0 Å². The number of rotatable bonds is 2. The first kappa shape index (κ1) is 10.1. The molecule has 1 aromatic rings. The van der Waals surface area contributed by atoms with E-state index in [4.69, 9.17) is 5.73 Å². The molecule has 0 unspecified atom stereocenters. The van der Waals surface area contributed by atoms with Gasteiger partial charge in [0.25, 0.3) is 0 Å². The van der Waals surface area contributed by atoms with E-state index in [-0.39, 0.29) is 0 Å². The molecule has 4 nitrogen and oxygen atoms in total. The fourth-order valence-electron chi connectivity index (χ4n) is 2.91. The lowest BCUT2D eigenvalue weighted by atomic mass is 10.2. The maximum absolute atomic E-state index is 5.58. The number of nitrogens with two attached hydrogens (primary N) is 1. The average Bonchev–Trinajstić information content (AvgIpc) is 2.80. The van der Waals surface area contributed by atoms with E-state index in [1.165, 1.54) is 25.1 Å². The molecule has 0 aliphatic carbocycles. The third-order valence-electron chi connectivity index (χ3n) is 3.86. The fourth-order valence-corrected chi connectivity index (χ4v) is 2.91. The van der Waals surface area contributed by atoms with Crippen LogP contribution in [0.25, 0.3) is 0 Å². The molecule has 0 saturated carbocycles. The van der Waals surface area contributed by atoms with Crippen LogP contribution in [0.5, 0.6) is 0 Å². The van der Waals surface area contributed by atoms with Crippen LogP contribution < -0.4 is 5.73 Å². The molecule has 4 heteroatoms. The zero-order valence-electron chi connectivity index (χ0n) is 9.63. The summed E-state index contributed by atoms with van der Waals surface area (Å²) in [5, 5.41) is 0. The van der Waals surface area contributed by atoms with Crippen molar-refractivity contribution in [3.63, 3.8) is 0 Å². The van der Waals surface area contributed by atoms with Crippen LogP contribution in [-0.2, 0) is 6.54 Å².